The Morgan fingerprint density at radius 1 is 1.21 bits per heavy atom. The van der Waals surface area contributed by atoms with E-state index in [0.717, 1.165) is 32.1 Å². The zero-order chi connectivity index (χ0) is 19.8. The van der Waals surface area contributed by atoms with Crippen LogP contribution in [0.4, 0.5) is 0 Å². The normalized spacial score (nSPS) is 51.9. The molecule has 9 atom stereocenters. The van der Waals surface area contributed by atoms with Crippen molar-refractivity contribution in [2.75, 3.05) is 0 Å². The van der Waals surface area contributed by atoms with E-state index in [9.17, 15) is 9.59 Å². The molecule has 5 rings (SSSR count). The van der Waals surface area contributed by atoms with Gasteiger partial charge >= 0.3 is 11.9 Å². The number of hydrogen-bond acceptors (Lipinski definition) is 4. The van der Waals surface area contributed by atoms with E-state index in [1.165, 1.54) is 25.3 Å². The van der Waals surface area contributed by atoms with E-state index < -0.39 is 0 Å². The lowest BCUT2D eigenvalue weighted by molar-refractivity contribution is -0.148. The van der Waals surface area contributed by atoms with Crippen molar-refractivity contribution in [2.45, 2.75) is 84.8 Å². The van der Waals surface area contributed by atoms with Gasteiger partial charge < -0.3 is 9.47 Å². The number of ether oxygens (including phenoxy) is 2. The van der Waals surface area contributed by atoms with E-state index in [1.54, 1.807) is 0 Å². The monoisotopic (exact) mass is 386 g/mol. The smallest absolute Gasteiger partial charge is 0.309 e. The Kier molecular flexibility index (Phi) is 4.07. The van der Waals surface area contributed by atoms with E-state index in [4.69, 9.17) is 9.47 Å². The highest BCUT2D eigenvalue weighted by atomic mass is 16.6. The zero-order valence-electron chi connectivity index (χ0n) is 17.7. The second-order valence-electron chi connectivity index (χ2n) is 10.8. The lowest BCUT2D eigenvalue weighted by atomic mass is 9.47. The Hall–Kier alpha value is -1.32. The first-order valence-corrected chi connectivity index (χ1v) is 11.3. The fourth-order valence-corrected chi connectivity index (χ4v) is 8.41. The van der Waals surface area contributed by atoms with Gasteiger partial charge in [0.25, 0.3) is 0 Å². The third-order valence-electron chi connectivity index (χ3n) is 9.66. The molecule has 4 heteroatoms. The predicted octanol–water partition coefficient (Wildman–Crippen LogP) is 4.67. The molecule has 0 N–H and O–H groups in total. The standard InChI is InChI=1S/C24H34O4/c1-13-21-20(28-22(13)26)12-19-17-6-5-15-11-16(27-14(2)25)7-9-23(15,3)18(17)8-10-24(19,21)4/h5,13,16-21H,6-12H2,1-4H3/t13-,16-,17-,18-,19-,20-,21+,23+,24+/m1/s1. The Morgan fingerprint density at radius 3 is 2.75 bits per heavy atom. The minimum absolute atomic E-state index is 0.0263. The molecule has 0 aromatic carbocycles. The highest BCUT2D eigenvalue weighted by Crippen LogP contribution is 2.68. The number of rotatable bonds is 1. The molecule has 28 heavy (non-hydrogen) atoms. The average Bonchev–Trinajstić information content (AvgIpc) is 3.08. The Labute approximate surface area is 168 Å². The molecular formula is C24H34O4. The molecule has 4 fully saturated rings. The van der Waals surface area contributed by atoms with E-state index in [0.29, 0.717) is 23.7 Å². The minimum Gasteiger partial charge on any atom is -0.462 e. The average molecular weight is 387 g/mol. The molecule has 4 aliphatic carbocycles. The van der Waals surface area contributed by atoms with Gasteiger partial charge in [0, 0.05) is 19.3 Å². The summed E-state index contributed by atoms with van der Waals surface area (Å²) in [5.41, 5.74) is 2.03. The summed E-state index contributed by atoms with van der Waals surface area (Å²) in [6.07, 6.45) is 10.4. The van der Waals surface area contributed by atoms with Crippen molar-refractivity contribution >= 4 is 11.9 Å². The summed E-state index contributed by atoms with van der Waals surface area (Å²) in [6, 6.07) is 0. The van der Waals surface area contributed by atoms with Crippen molar-refractivity contribution in [3.05, 3.63) is 11.6 Å². The highest BCUT2D eigenvalue weighted by Gasteiger charge is 2.65. The van der Waals surface area contributed by atoms with E-state index >= 15 is 0 Å². The van der Waals surface area contributed by atoms with Crippen LogP contribution in [0.15, 0.2) is 11.6 Å². The Morgan fingerprint density at radius 2 is 2.00 bits per heavy atom. The maximum Gasteiger partial charge on any atom is 0.309 e. The highest BCUT2D eigenvalue weighted by molar-refractivity contribution is 5.75. The Bertz CT molecular complexity index is 741. The summed E-state index contributed by atoms with van der Waals surface area (Å²) < 4.78 is 11.4. The second kappa shape index (κ2) is 6.09. The third kappa shape index (κ3) is 2.42. The summed E-state index contributed by atoms with van der Waals surface area (Å²) in [6.45, 7) is 8.53. The topological polar surface area (TPSA) is 52.6 Å². The van der Waals surface area contributed by atoms with E-state index in [1.807, 2.05) is 0 Å². The van der Waals surface area contributed by atoms with Gasteiger partial charge in [-0.15, -0.1) is 0 Å². The lowest BCUT2D eigenvalue weighted by Gasteiger charge is -2.58. The van der Waals surface area contributed by atoms with Gasteiger partial charge in [0.05, 0.1) is 5.92 Å². The van der Waals surface area contributed by atoms with Gasteiger partial charge in [0.1, 0.15) is 12.2 Å². The lowest BCUT2D eigenvalue weighted by Crippen LogP contribution is -2.51. The molecule has 0 amide bonds. The number of esters is 2. The summed E-state index contributed by atoms with van der Waals surface area (Å²) in [5.74, 6) is 2.42. The molecule has 1 saturated heterocycles. The molecule has 0 radical (unpaired) electrons. The molecule has 0 aromatic heterocycles. The van der Waals surface area contributed by atoms with E-state index in [2.05, 4.69) is 26.8 Å². The molecule has 0 aromatic rings. The van der Waals surface area contributed by atoms with Crippen LogP contribution in [0.25, 0.3) is 0 Å². The van der Waals surface area contributed by atoms with Gasteiger partial charge in [-0.05, 0) is 67.1 Å². The molecule has 154 valence electrons. The zero-order valence-corrected chi connectivity index (χ0v) is 17.7. The van der Waals surface area contributed by atoms with Crippen molar-refractivity contribution in [3.8, 4) is 0 Å². The van der Waals surface area contributed by atoms with Crippen LogP contribution in [0.2, 0.25) is 0 Å². The van der Waals surface area contributed by atoms with Crippen molar-refractivity contribution < 1.29 is 19.1 Å². The van der Waals surface area contributed by atoms with Crippen molar-refractivity contribution in [1.29, 1.82) is 0 Å². The van der Waals surface area contributed by atoms with Gasteiger partial charge in [-0.2, -0.15) is 0 Å². The van der Waals surface area contributed by atoms with Crippen LogP contribution >= 0.6 is 0 Å². The first kappa shape index (κ1) is 18.7. The van der Waals surface area contributed by atoms with Gasteiger partial charge in [-0.3, -0.25) is 9.59 Å². The first-order chi connectivity index (χ1) is 13.2. The third-order valence-corrected chi connectivity index (χ3v) is 9.66. The van der Waals surface area contributed by atoms with Gasteiger partial charge in [0.2, 0.25) is 0 Å². The molecule has 0 bridgehead atoms. The largest absolute Gasteiger partial charge is 0.462 e. The number of carbonyl (C=O) groups excluding carboxylic acids is 2. The molecular weight excluding hydrogens is 352 g/mol. The van der Waals surface area contributed by atoms with Crippen LogP contribution < -0.4 is 0 Å². The number of fused-ring (bicyclic) bond motifs is 7. The van der Waals surface area contributed by atoms with Crippen molar-refractivity contribution in [3.63, 3.8) is 0 Å². The van der Waals surface area contributed by atoms with Crippen LogP contribution in [0.3, 0.4) is 0 Å². The molecule has 1 heterocycles. The molecule has 4 nitrogen and oxygen atoms in total. The predicted molar refractivity (Wildman–Crippen MR) is 105 cm³/mol. The second-order valence-corrected chi connectivity index (χ2v) is 10.8. The van der Waals surface area contributed by atoms with Gasteiger partial charge in [-0.1, -0.05) is 32.4 Å². The van der Waals surface area contributed by atoms with Gasteiger partial charge in [-0.25, -0.2) is 0 Å². The van der Waals surface area contributed by atoms with Crippen molar-refractivity contribution in [2.24, 2.45) is 40.4 Å². The van der Waals surface area contributed by atoms with Crippen LogP contribution in [0.1, 0.15) is 72.6 Å². The molecule has 0 spiro atoms. The summed E-state index contributed by atoms with van der Waals surface area (Å²) in [4.78, 5) is 23.6. The van der Waals surface area contributed by atoms with Crippen LogP contribution in [0.5, 0.6) is 0 Å². The number of hydrogen-bond donors (Lipinski definition) is 0. The summed E-state index contributed by atoms with van der Waals surface area (Å²) >= 11 is 0. The fourth-order valence-electron chi connectivity index (χ4n) is 8.41. The maximum atomic E-state index is 12.2. The fraction of sp³-hybridized carbons (Fsp3) is 0.833. The maximum absolute atomic E-state index is 12.2. The van der Waals surface area contributed by atoms with Crippen LogP contribution in [0, 0.1) is 40.4 Å². The van der Waals surface area contributed by atoms with Crippen LogP contribution in [-0.4, -0.2) is 24.1 Å². The quantitative estimate of drug-likeness (QED) is 0.485. The molecule has 5 aliphatic rings. The molecule has 3 saturated carbocycles. The number of allylic oxidation sites excluding steroid dienone is 1. The minimum atomic E-state index is -0.155. The van der Waals surface area contributed by atoms with Gasteiger partial charge in [0.15, 0.2) is 0 Å². The molecule has 0 unspecified atom stereocenters. The first-order valence-electron chi connectivity index (χ1n) is 11.3. The Balaban J connectivity index is 1.42. The van der Waals surface area contributed by atoms with Crippen molar-refractivity contribution in [1.82, 2.24) is 0 Å². The van der Waals surface area contributed by atoms with E-state index in [-0.39, 0.29) is 40.9 Å². The molecule has 1 aliphatic heterocycles. The summed E-state index contributed by atoms with van der Waals surface area (Å²) in [7, 11) is 0. The number of carbonyl (C=O) groups is 2. The summed E-state index contributed by atoms with van der Waals surface area (Å²) in [5, 5.41) is 0. The SMILES string of the molecule is CC(=O)O[C@@H]1CC[C@@]2(C)C(=CC[C@H]3[C@H]4C[C@H]5OC(=O)[C@H](C)[C@@H]5[C@@]4(C)CC[C@H]32)C1. The van der Waals surface area contributed by atoms with Crippen LogP contribution in [-0.2, 0) is 19.1 Å².